The molecule has 2 N–H and O–H groups in total. The summed E-state index contributed by atoms with van der Waals surface area (Å²) < 4.78 is 6.72. The zero-order valence-corrected chi connectivity index (χ0v) is 12.7. The van der Waals surface area contributed by atoms with Crippen LogP contribution in [0.2, 0.25) is 10.0 Å². The first-order valence-corrected chi connectivity index (χ1v) is 7.39. The van der Waals surface area contributed by atoms with Crippen LogP contribution in [0, 0.1) is 0 Å². The molecule has 1 saturated heterocycles. The Morgan fingerprint density at radius 2 is 2.14 bits per heavy atom. The Labute approximate surface area is 131 Å². The molecule has 2 atom stereocenters. The van der Waals surface area contributed by atoms with Gasteiger partial charge in [0.2, 0.25) is 0 Å². The van der Waals surface area contributed by atoms with E-state index in [4.69, 9.17) is 27.9 Å². The van der Waals surface area contributed by atoms with Crippen molar-refractivity contribution < 1.29 is 14.9 Å². The topological polar surface area (TPSA) is 80.4 Å². The van der Waals surface area contributed by atoms with Gasteiger partial charge in [-0.15, -0.1) is 5.10 Å². The molecular formula is C13H15Cl2N3O3. The monoisotopic (exact) mass is 331 g/mol. The van der Waals surface area contributed by atoms with E-state index in [1.54, 1.807) is 16.8 Å². The SMILES string of the molecule is OC(Cn1nnc2cc(Cl)c(Cl)cc21)CC1(O)CCOC1. The van der Waals surface area contributed by atoms with Gasteiger partial charge in [-0.1, -0.05) is 28.4 Å². The Balaban J connectivity index is 1.76. The van der Waals surface area contributed by atoms with Crippen LogP contribution in [0.25, 0.3) is 11.0 Å². The number of nitrogens with zero attached hydrogens (tertiary/aromatic N) is 3. The number of hydrogen-bond donors (Lipinski definition) is 2. The van der Waals surface area contributed by atoms with Gasteiger partial charge in [0.25, 0.3) is 0 Å². The molecule has 21 heavy (non-hydrogen) atoms. The summed E-state index contributed by atoms with van der Waals surface area (Å²) in [6, 6.07) is 3.30. The number of benzene rings is 1. The third-order valence-corrected chi connectivity index (χ3v) is 4.36. The fraction of sp³-hybridized carbons (Fsp3) is 0.538. The lowest BCUT2D eigenvalue weighted by atomic mass is 9.95. The second-order valence-corrected chi connectivity index (χ2v) is 6.23. The van der Waals surface area contributed by atoms with Gasteiger partial charge < -0.3 is 14.9 Å². The quantitative estimate of drug-likeness (QED) is 0.890. The number of ether oxygens (including phenoxy) is 1. The first-order valence-electron chi connectivity index (χ1n) is 6.63. The highest BCUT2D eigenvalue weighted by molar-refractivity contribution is 6.42. The summed E-state index contributed by atoms with van der Waals surface area (Å²) in [4.78, 5) is 0. The zero-order chi connectivity index (χ0) is 15.0. The third kappa shape index (κ3) is 3.14. The van der Waals surface area contributed by atoms with E-state index in [1.165, 1.54) is 0 Å². The number of rotatable bonds is 4. The number of halogens is 2. The first-order chi connectivity index (χ1) is 9.97. The summed E-state index contributed by atoms with van der Waals surface area (Å²) in [5.41, 5.74) is 0.342. The normalized spacial score (nSPS) is 23.8. The van der Waals surface area contributed by atoms with Gasteiger partial charge in [-0.3, -0.25) is 0 Å². The fourth-order valence-electron chi connectivity index (χ4n) is 2.56. The molecule has 1 aromatic heterocycles. The summed E-state index contributed by atoms with van der Waals surface area (Å²) in [5.74, 6) is 0. The maximum atomic E-state index is 10.2. The lowest BCUT2D eigenvalue weighted by Gasteiger charge is -2.23. The number of aliphatic hydroxyl groups is 2. The molecule has 0 bridgehead atoms. The standard InChI is InChI=1S/C13H15Cl2N3O3/c14-9-3-11-12(4-10(9)15)18(17-16-11)6-8(19)5-13(20)1-2-21-7-13/h3-4,8,19-20H,1-2,5-7H2. The molecule has 0 saturated carbocycles. The Morgan fingerprint density at radius 1 is 1.38 bits per heavy atom. The van der Waals surface area contributed by atoms with Gasteiger partial charge in [-0.25, -0.2) is 4.68 Å². The van der Waals surface area contributed by atoms with Crippen molar-refractivity contribution in [2.45, 2.75) is 31.1 Å². The van der Waals surface area contributed by atoms with Crippen molar-refractivity contribution >= 4 is 34.2 Å². The Bertz CT molecular complexity index is 655. The first kappa shape index (κ1) is 15.0. The molecule has 8 heteroatoms. The second kappa shape index (κ2) is 5.70. The van der Waals surface area contributed by atoms with Crippen LogP contribution in [-0.4, -0.2) is 50.1 Å². The predicted octanol–water partition coefficient (Wildman–Crippen LogP) is 1.64. The van der Waals surface area contributed by atoms with Crippen molar-refractivity contribution in [3.63, 3.8) is 0 Å². The van der Waals surface area contributed by atoms with E-state index in [0.717, 1.165) is 0 Å². The molecule has 2 heterocycles. The minimum atomic E-state index is -0.962. The maximum Gasteiger partial charge on any atom is 0.114 e. The molecule has 0 aliphatic carbocycles. The van der Waals surface area contributed by atoms with Crippen LogP contribution in [0.1, 0.15) is 12.8 Å². The summed E-state index contributed by atoms with van der Waals surface area (Å²) in [6.45, 7) is 0.990. The van der Waals surface area contributed by atoms with Crippen molar-refractivity contribution in [2.24, 2.45) is 0 Å². The van der Waals surface area contributed by atoms with Gasteiger partial charge in [0.05, 0.1) is 40.4 Å². The van der Waals surface area contributed by atoms with Gasteiger partial charge in [-0.05, 0) is 12.1 Å². The van der Waals surface area contributed by atoms with E-state index in [1.807, 2.05) is 0 Å². The van der Waals surface area contributed by atoms with E-state index < -0.39 is 11.7 Å². The van der Waals surface area contributed by atoms with Crippen LogP contribution in [0.3, 0.4) is 0 Å². The largest absolute Gasteiger partial charge is 0.391 e. The highest BCUT2D eigenvalue weighted by Gasteiger charge is 2.34. The smallest absolute Gasteiger partial charge is 0.114 e. The molecular weight excluding hydrogens is 317 g/mol. The average molecular weight is 332 g/mol. The van der Waals surface area contributed by atoms with Crippen molar-refractivity contribution in [3.05, 3.63) is 22.2 Å². The lowest BCUT2D eigenvalue weighted by Crippen LogP contribution is -2.35. The highest BCUT2D eigenvalue weighted by atomic mass is 35.5. The molecule has 6 nitrogen and oxygen atoms in total. The van der Waals surface area contributed by atoms with Crippen LogP contribution in [-0.2, 0) is 11.3 Å². The van der Waals surface area contributed by atoms with E-state index in [9.17, 15) is 10.2 Å². The van der Waals surface area contributed by atoms with E-state index in [-0.39, 0.29) is 19.6 Å². The van der Waals surface area contributed by atoms with Gasteiger partial charge in [0.1, 0.15) is 5.52 Å². The molecule has 2 unspecified atom stereocenters. The van der Waals surface area contributed by atoms with Crippen LogP contribution >= 0.6 is 23.2 Å². The summed E-state index contributed by atoms with van der Waals surface area (Å²) in [5, 5.41) is 29.2. The van der Waals surface area contributed by atoms with E-state index in [2.05, 4.69) is 10.3 Å². The molecule has 1 fully saturated rings. The Kier molecular flexibility index (Phi) is 4.07. The van der Waals surface area contributed by atoms with Crippen molar-refractivity contribution in [3.8, 4) is 0 Å². The van der Waals surface area contributed by atoms with Gasteiger partial charge in [-0.2, -0.15) is 0 Å². The van der Waals surface area contributed by atoms with E-state index in [0.29, 0.717) is 34.1 Å². The molecule has 1 aliphatic rings. The summed E-state index contributed by atoms with van der Waals surface area (Å²) >= 11 is 11.9. The van der Waals surface area contributed by atoms with Crippen molar-refractivity contribution in [1.29, 1.82) is 0 Å². The van der Waals surface area contributed by atoms with Crippen molar-refractivity contribution in [1.82, 2.24) is 15.0 Å². The van der Waals surface area contributed by atoms with E-state index >= 15 is 0 Å². The molecule has 2 aromatic rings. The number of fused-ring (bicyclic) bond motifs is 1. The molecule has 114 valence electrons. The predicted molar refractivity (Wildman–Crippen MR) is 78.6 cm³/mol. The Hall–Kier alpha value is -0.920. The highest BCUT2D eigenvalue weighted by Crippen LogP contribution is 2.28. The molecule has 0 spiro atoms. The van der Waals surface area contributed by atoms with Gasteiger partial charge >= 0.3 is 0 Å². The lowest BCUT2D eigenvalue weighted by molar-refractivity contribution is -0.0211. The molecule has 1 aromatic carbocycles. The second-order valence-electron chi connectivity index (χ2n) is 5.41. The fourth-order valence-corrected chi connectivity index (χ4v) is 2.87. The maximum absolute atomic E-state index is 10.2. The minimum absolute atomic E-state index is 0.219. The van der Waals surface area contributed by atoms with Crippen molar-refractivity contribution in [2.75, 3.05) is 13.2 Å². The number of aliphatic hydroxyl groups excluding tert-OH is 1. The van der Waals surface area contributed by atoms with Crippen LogP contribution in [0.15, 0.2) is 12.1 Å². The van der Waals surface area contributed by atoms with Crippen LogP contribution < -0.4 is 0 Å². The van der Waals surface area contributed by atoms with Gasteiger partial charge in [0, 0.05) is 19.4 Å². The van der Waals surface area contributed by atoms with Crippen LogP contribution in [0.4, 0.5) is 0 Å². The molecule has 0 radical (unpaired) electrons. The molecule has 3 rings (SSSR count). The molecule has 0 amide bonds. The summed E-state index contributed by atoms with van der Waals surface area (Å²) in [7, 11) is 0. The zero-order valence-electron chi connectivity index (χ0n) is 11.2. The third-order valence-electron chi connectivity index (χ3n) is 3.64. The number of aromatic nitrogens is 3. The average Bonchev–Trinajstić information content (AvgIpc) is 2.98. The number of hydrogen-bond acceptors (Lipinski definition) is 5. The summed E-state index contributed by atoms with van der Waals surface area (Å²) in [6.07, 6.45) is 0.00952. The minimum Gasteiger partial charge on any atom is -0.391 e. The molecule has 1 aliphatic heterocycles. The van der Waals surface area contributed by atoms with Crippen LogP contribution in [0.5, 0.6) is 0 Å². The van der Waals surface area contributed by atoms with Gasteiger partial charge in [0.15, 0.2) is 0 Å². The Morgan fingerprint density at radius 3 is 2.86 bits per heavy atom.